The number of carbonyl (C=O) groups excluding carboxylic acids is 2. The van der Waals surface area contributed by atoms with Gasteiger partial charge < -0.3 is 10.1 Å². The third kappa shape index (κ3) is 6.75. The van der Waals surface area contributed by atoms with E-state index in [1.165, 1.54) is 0 Å². The molecule has 1 aromatic heterocycles. The zero-order valence-corrected chi connectivity index (χ0v) is 14.6. The van der Waals surface area contributed by atoms with E-state index in [0.717, 1.165) is 25.8 Å². The quantitative estimate of drug-likeness (QED) is 0.432. The number of aryl methyl sites for hydroxylation is 1. The lowest BCUT2D eigenvalue weighted by molar-refractivity contribution is -0.697. The molecule has 0 bridgehead atoms. The Labute approximate surface area is 148 Å². The minimum atomic E-state index is -0.363. The van der Waals surface area contributed by atoms with Gasteiger partial charge >= 0.3 is 5.97 Å². The van der Waals surface area contributed by atoms with Gasteiger partial charge in [0.1, 0.15) is 6.54 Å². The van der Waals surface area contributed by atoms with Gasteiger partial charge in [-0.05, 0) is 31.0 Å². The van der Waals surface area contributed by atoms with E-state index in [-0.39, 0.29) is 11.9 Å². The maximum atomic E-state index is 12.0. The first-order valence-corrected chi connectivity index (χ1v) is 8.70. The number of amides is 1. The Kier molecular flexibility index (Phi) is 7.63. The molecule has 0 fully saturated rings. The van der Waals surface area contributed by atoms with Crippen LogP contribution in [0.25, 0.3) is 0 Å². The van der Waals surface area contributed by atoms with Crippen LogP contribution in [0.3, 0.4) is 0 Å². The van der Waals surface area contributed by atoms with Crippen molar-refractivity contribution >= 4 is 17.6 Å². The van der Waals surface area contributed by atoms with E-state index in [1.807, 2.05) is 37.5 Å². The van der Waals surface area contributed by atoms with Gasteiger partial charge in [0.05, 0.1) is 12.2 Å². The van der Waals surface area contributed by atoms with Crippen LogP contribution in [0.2, 0.25) is 0 Å². The third-order valence-electron chi connectivity index (χ3n) is 3.67. The second kappa shape index (κ2) is 10.2. The van der Waals surface area contributed by atoms with Crippen LogP contribution < -0.4 is 9.88 Å². The average Bonchev–Trinajstić information content (AvgIpc) is 2.64. The van der Waals surface area contributed by atoms with Crippen LogP contribution in [0.4, 0.5) is 5.69 Å². The van der Waals surface area contributed by atoms with E-state index in [9.17, 15) is 9.59 Å². The van der Waals surface area contributed by atoms with Gasteiger partial charge in [0.25, 0.3) is 0 Å². The number of carbonyl (C=O) groups is 2. The predicted octanol–water partition coefficient (Wildman–Crippen LogP) is 3.35. The summed E-state index contributed by atoms with van der Waals surface area (Å²) in [4.78, 5) is 23.9. The fourth-order valence-corrected chi connectivity index (χ4v) is 2.39. The fraction of sp³-hybridized carbons (Fsp3) is 0.350. The largest absolute Gasteiger partial charge is 0.462 e. The molecular formula is C20H25N2O3+. The van der Waals surface area contributed by atoms with Gasteiger partial charge in [0.15, 0.2) is 12.4 Å². The molecular weight excluding hydrogens is 316 g/mol. The van der Waals surface area contributed by atoms with Crippen molar-refractivity contribution in [2.24, 2.45) is 0 Å². The Morgan fingerprint density at radius 2 is 1.88 bits per heavy atom. The molecule has 0 aliphatic heterocycles. The highest BCUT2D eigenvalue weighted by molar-refractivity contribution is 5.94. The number of unbranched alkanes of at least 4 members (excludes halogenated alkanes) is 1. The number of esters is 1. The first kappa shape index (κ1) is 18.6. The molecule has 0 saturated carbocycles. The number of hydrogen-bond acceptors (Lipinski definition) is 3. The Hall–Kier alpha value is -2.69. The summed E-state index contributed by atoms with van der Waals surface area (Å²) in [6.45, 7) is 3.24. The van der Waals surface area contributed by atoms with Crippen LogP contribution in [-0.2, 0) is 16.1 Å². The van der Waals surface area contributed by atoms with Crippen LogP contribution in [0.1, 0.15) is 43.0 Å². The first-order chi connectivity index (χ1) is 12.2. The average molecular weight is 341 g/mol. The van der Waals surface area contributed by atoms with Gasteiger partial charge in [0.2, 0.25) is 5.91 Å². The van der Waals surface area contributed by atoms with Gasteiger partial charge in [-0.2, -0.15) is 0 Å². The summed E-state index contributed by atoms with van der Waals surface area (Å²) in [7, 11) is 0. The van der Waals surface area contributed by atoms with E-state index >= 15 is 0 Å². The minimum Gasteiger partial charge on any atom is -0.462 e. The number of rotatable bonds is 9. The Bertz CT molecular complexity index is 686. The lowest BCUT2D eigenvalue weighted by Crippen LogP contribution is -2.32. The number of hydrogen-bond donors (Lipinski definition) is 1. The fourth-order valence-electron chi connectivity index (χ4n) is 2.39. The molecule has 0 atom stereocenters. The van der Waals surface area contributed by atoms with Crippen LogP contribution in [0.5, 0.6) is 0 Å². The van der Waals surface area contributed by atoms with Crippen molar-refractivity contribution in [3.8, 4) is 0 Å². The normalized spacial score (nSPS) is 10.3. The molecule has 0 unspecified atom stereocenters. The van der Waals surface area contributed by atoms with Crippen molar-refractivity contribution in [1.29, 1.82) is 0 Å². The molecule has 0 saturated heterocycles. The van der Waals surface area contributed by atoms with Gasteiger partial charge in [-0.1, -0.05) is 19.1 Å². The van der Waals surface area contributed by atoms with E-state index in [1.54, 1.807) is 24.3 Å². The topological polar surface area (TPSA) is 59.3 Å². The number of nitrogens with zero attached hydrogens (tertiary/aromatic N) is 1. The van der Waals surface area contributed by atoms with Crippen LogP contribution in [0.15, 0.2) is 54.9 Å². The Morgan fingerprint density at radius 1 is 1.08 bits per heavy atom. The maximum absolute atomic E-state index is 12.0. The third-order valence-corrected chi connectivity index (χ3v) is 3.67. The SMILES string of the molecule is CCCOC(=O)c1cccc(NC(=O)CCCC[n+]2ccccc2)c1. The minimum absolute atomic E-state index is 0.0443. The second-order valence-corrected chi connectivity index (χ2v) is 5.84. The highest BCUT2D eigenvalue weighted by Gasteiger charge is 2.09. The molecule has 132 valence electrons. The number of benzene rings is 1. The number of ether oxygens (including phenoxy) is 1. The summed E-state index contributed by atoms with van der Waals surface area (Å²) in [5.74, 6) is -0.407. The molecule has 2 aromatic rings. The van der Waals surface area contributed by atoms with Crippen LogP contribution in [-0.4, -0.2) is 18.5 Å². The maximum Gasteiger partial charge on any atom is 0.338 e. The van der Waals surface area contributed by atoms with Crippen molar-refractivity contribution in [3.05, 3.63) is 60.4 Å². The molecule has 1 heterocycles. The molecule has 25 heavy (non-hydrogen) atoms. The zero-order valence-electron chi connectivity index (χ0n) is 14.6. The van der Waals surface area contributed by atoms with Crippen molar-refractivity contribution in [1.82, 2.24) is 0 Å². The lowest BCUT2D eigenvalue weighted by Gasteiger charge is -2.07. The summed E-state index contributed by atoms with van der Waals surface area (Å²) in [5.41, 5.74) is 1.07. The molecule has 0 radical (unpaired) electrons. The van der Waals surface area contributed by atoms with Gasteiger partial charge in [-0.25, -0.2) is 9.36 Å². The number of aromatic nitrogens is 1. The van der Waals surface area contributed by atoms with Crippen LogP contribution >= 0.6 is 0 Å². The van der Waals surface area contributed by atoms with E-state index < -0.39 is 0 Å². The summed E-state index contributed by atoms with van der Waals surface area (Å²) in [6, 6.07) is 12.8. The van der Waals surface area contributed by atoms with Crippen molar-refractivity contribution < 1.29 is 18.9 Å². The molecule has 0 spiro atoms. The molecule has 2 rings (SSSR count). The molecule has 0 aliphatic carbocycles. The lowest BCUT2D eigenvalue weighted by atomic mass is 10.2. The first-order valence-electron chi connectivity index (χ1n) is 8.70. The zero-order chi connectivity index (χ0) is 17.9. The predicted molar refractivity (Wildman–Crippen MR) is 96.1 cm³/mol. The van der Waals surface area contributed by atoms with E-state index in [0.29, 0.717) is 24.3 Å². The van der Waals surface area contributed by atoms with Crippen molar-refractivity contribution in [3.63, 3.8) is 0 Å². The number of nitrogens with one attached hydrogen (secondary N) is 1. The van der Waals surface area contributed by atoms with E-state index in [4.69, 9.17) is 4.74 Å². The Morgan fingerprint density at radius 3 is 2.64 bits per heavy atom. The molecule has 1 N–H and O–H groups in total. The second-order valence-electron chi connectivity index (χ2n) is 5.84. The molecule has 0 aliphatic rings. The monoisotopic (exact) mass is 341 g/mol. The molecule has 5 nitrogen and oxygen atoms in total. The summed E-state index contributed by atoms with van der Waals surface area (Å²) in [6.07, 6.45) is 7.02. The number of anilines is 1. The highest BCUT2D eigenvalue weighted by Crippen LogP contribution is 2.13. The van der Waals surface area contributed by atoms with E-state index in [2.05, 4.69) is 9.88 Å². The van der Waals surface area contributed by atoms with Crippen molar-refractivity contribution in [2.45, 2.75) is 39.2 Å². The summed E-state index contributed by atoms with van der Waals surface area (Å²) < 4.78 is 7.21. The Balaban J connectivity index is 1.75. The standard InChI is InChI=1S/C20H24N2O3/c1-2-15-25-20(24)17-9-8-10-18(16-17)21-19(23)11-4-7-14-22-12-5-3-6-13-22/h3,5-6,8-10,12-13,16H,2,4,7,11,14-15H2,1H3/p+1. The van der Waals surface area contributed by atoms with Crippen LogP contribution in [0, 0.1) is 0 Å². The molecule has 1 amide bonds. The number of pyridine rings is 1. The van der Waals surface area contributed by atoms with Crippen molar-refractivity contribution in [2.75, 3.05) is 11.9 Å². The summed E-state index contributed by atoms with van der Waals surface area (Å²) >= 11 is 0. The smallest absolute Gasteiger partial charge is 0.338 e. The highest BCUT2D eigenvalue weighted by atomic mass is 16.5. The van der Waals surface area contributed by atoms with Gasteiger partial charge in [-0.3, -0.25) is 4.79 Å². The molecule has 1 aromatic carbocycles. The molecule has 5 heteroatoms. The van der Waals surface area contributed by atoms with Gasteiger partial charge in [0, 0.05) is 30.7 Å². The summed E-state index contributed by atoms with van der Waals surface area (Å²) in [5, 5.41) is 2.84. The van der Waals surface area contributed by atoms with Gasteiger partial charge in [-0.15, -0.1) is 0 Å².